The number of carbonyl (C=O) groups is 1. The van der Waals surface area contributed by atoms with Gasteiger partial charge in [0, 0.05) is 6.92 Å². The number of carbonyl (C=O) groups excluding carboxylic acids is 1. The van der Waals surface area contributed by atoms with Crippen LogP contribution in [0.2, 0.25) is 0 Å². The summed E-state index contributed by atoms with van der Waals surface area (Å²) in [6.07, 6.45) is 3.81. The third-order valence-electron chi connectivity index (χ3n) is 0.983. The van der Waals surface area contributed by atoms with Crippen LogP contribution in [-0.2, 0) is 14.3 Å². The van der Waals surface area contributed by atoms with Gasteiger partial charge in [-0.25, -0.2) is 0 Å². The van der Waals surface area contributed by atoms with Crippen molar-refractivity contribution in [2.24, 2.45) is 0 Å². The number of rotatable bonds is 5. The van der Waals surface area contributed by atoms with Gasteiger partial charge in [0.1, 0.15) is 6.61 Å². The normalized spacial score (nSPS) is 10.4. The molecule has 0 heterocycles. The van der Waals surface area contributed by atoms with E-state index in [1.165, 1.54) is 6.92 Å². The zero-order valence-corrected chi connectivity index (χ0v) is 7.00. The first-order valence-electron chi connectivity index (χ1n) is 3.59. The lowest BCUT2D eigenvalue weighted by atomic mass is 10.5. The zero-order chi connectivity index (χ0) is 8.53. The van der Waals surface area contributed by atoms with Crippen molar-refractivity contribution in [2.45, 2.75) is 13.8 Å². The van der Waals surface area contributed by atoms with E-state index in [1.807, 2.05) is 19.1 Å². The van der Waals surface area contributed by atoms with Crippen LogP contribution in [-0.4, -0.2) is 25.8 Å². The topological polar surface area (TPSA) is 35.5 Å². The van der Waals surface area contributed by atoms with Crippen molar-refractivity contribution < 1.29 is 14.3 Å². The first kappa shape index (κ1) is 10.2. The van der Waals surface area contributed by atoms with Gasteiger partial charge in [0.2, 0.25) is 0 Å². The fraction of sp³-hybridized carbons (Fsp3) is 0.625. The van der Waals surface area contributed by atoms with Crippen LogP contribution in [0.1, 0.15) is 13.8 Å². The molecule has 3 nitrogen and oxygen atoms in total. The van der Waals surface area contributed by atoms with E-state index < -0.39 is 0 Å². The highest BCUT2D eigenvalue weighted by Gasteiger charge is 1.90. The van der Waals surface area contributed by atoms with Crippen molar-refractivity contribution in [3.05, 3.63) is 12.2 Å². The van der Waals surface area contributed by atoms with Gasteiger partial charge in [-0.1, -0.05) is 12.2 Å². The van der Waals surface area contributed by atoms with Crippen LogP contribution >= 0.6 is 0 Å². The molecule has 0 N–H and O–H groups in total. The van der Waals surface area contributed by atoms with E-state index in [0.717, 1.165) is 0 Å². The summed E-state index contributed by atoms with van der Waals surface area (Å²) in [5, 5.41) is 0. The van der Waals surface area contributed by atoms with E-state index in [9.17, 15) is 4.79 Å². The Balaban J connectivity index is 2.96. The Kier molecular flexibility index (Phi) is 6.73. The van der Waals surface area contributed by atoms with Crippen molar-refractivity contribution in [2.75, 3.05) is 19.8 Å². The molecule has 0 atom stereocenters. The molecule has 0 saturated carbocycles. The Labute approximate surface area is 67.0 Å². The zero-order valence-electron chi connectivity index (χ0n) is 7.00. The van der Waals surface area contributed by atoms with E-state index in [-0.39, 0.29) is 5.97 Å². The Hall–Kier alpha value is -0.830. The predicted octanol–water partition coefficient (Wildman–Crippen LogP) is 1.14. The molecule has 3 heteroatoms. The molecule has 0 fully saturated rings. The van der Waals surface area contributed by atoms with E-state index in [0.29, 0.717) is 19.8 Å². The summed E-state index contributed by atoms with van der Waals surface area (Å²) in [6, 6.07) is 0. The van der Waals surface area contributed by atoms with E-state index >= 15 is 0 Å². The molecule has 64 valence electrons. The molecule has 0 spiro atoms. The highest BCUT2D eigenvalue weighted by molar-refractivity contribution is 5.65. The molecule has 0 saturated heterocycles. The summed E-state index contributed by atoms with van der Waals surface area (Å²) in [6.45, 7) is 4.69. The van der Waals surface area contributed by atoms with E-state index in [2.05, 4.69) is 4.74 Å². The second-order valence-corrected chi connectivity index (χ2v) is 1.98. The minimum atomic E-state index is -0.264. The fourth-order valence-electron chi connectivity index (χ4n) is 0.492. The number of ether oxygens (including phenoxy) is 2. The largest absolute Gasteiger partial charge is 0.463 e. The van der Waals surface area contributed by atoms with Gasteiger partial charge in [-0.05, 0) is 6.92 Å². The Morgan fingerprint density at radius 2 is 2.18 bits per heavy atom. The van der Waals surface area contributed by atoms with Gasteiger partial charge in [0.25, 0.3) is 0 Å². The summed E-state index contributed by atoms with van der Waals surface area (Å²) >= 11 is 0. The van der Waals surface area contributed by atoms with Gasteiger partial charge < -0.3 is 9.47 Å². The van der Waals surface area contributed by atoms with Crippen LogP contribution in [0, 0.1) is 0 Å². The summed E-state index contributed by atoms with van der Waals surface area (Å²) in [5.74, 6) is -0.264. The van der Waals surface area contributed by atoms with Crippen LogP contribution in [0.25, 0.3) is 0 Å². The molecule has 11 heavy (non-hydrogen) atoms. The minimum absolute atomic E-state index is 0.264. The monoisotopic (exact) mass is 158 g/mol. The van der Waals surface area contributed by atoms with Gasteiger partial charge in [0.15, 0.2) is 0 Å². The van der Waals surface area contributed by atoms with Gasteiger partial charge in [-0.3, -0.25) is 4.79 Å². The highest BCUT2D eigenvalue weighted by atomic mass is 16.6. The number of allylic oxidation sites excluding steroid dienone is 1. The second kappa shape index (κ2) is 7.28. The number of hydrogen-bond acceptors (Lipinski definition) is 3. The molecule has 0 unspecified atom stereocenters. The fourth-order valence-corrected chi connectivity index (χ4v) is 0.492. The lowest BCUT2D eigenvalue weighted by molar-refractivity contribution is -0.142. The molecule has 0 aromatic carbocycles. The lowest BCUT2D eigenvalue weighted by Gasteiger charge is -2.00. The first-order valence-corrected chi connectivity index (χ1v) is 3.59. The molecular weight excluding hydrogens is 144 g/mol. The maximum absolute atomic E-state index is 10.2. The van der Waals surface area contributed by atoms with E-state index in [4.69, 9.17) is 4.74 Å². The average molecular weight is 158 g/mol. The predicted molar refractivity (Wildman–Crippen MR) is 42.3 cm³/mol. The molecule has 0 aromatic heterocycles. The van der Waals surface area contributed by atoms with Crippen LogP contribution in [0.3, 0.4) is 0 Å². The van der Waals surface area contributed by atoms with E-state index in [1.54, 1.807) is 0 Å². The van der Waals surface area contributed by atoms with Crippen LogP contribution in [0.4, 0.5) is 0 Å². The van der Waals surface area contributed by atoms with Gasteiger partial charge in [0.05, 0.1) is 13.2 Å². The molecule has 0 rings (SSSR count). The van der Waals surface area contributed by atoms with Gasteiger partial charge >= 0.3 is 5.97 Å². The average Bonchev–Trinajstić information content (AvgIpc) is 1.96. The van der Waals surface area contributed by atoms with Crippen molar-refractivity contribution in [3.8, 4) is 0 Å². The first-order chi connectivity index (χ1) is 5.27. The molecular formula is C8H14O3. The maximum Gasteiger partial charge on any atom is 0.302 e. The van der Waals surface area contributed by atoms with Crippen molar-refractivity contribution in [1.29, 1.82) is 0 Å². The molecule has 0 radical (unpaired) electrons. The maximum atomic E-state index is 10.2. The third-order valence-corrected chi connectivity index (χ3v) is 0.983. The standard InChI is InChI=1S/C8H14O3/c1-3-4-5-10-6-7-11-8(2)9/h3-4H,5-7H2,1-2H3. The quantitative estimate of drug-likeness (QED) is 0.342. The van der Waals surface area contributed by atoms with Gasteiger partial charge in [-0.2, -0.15) is 0 Å². The molecule has 0 aromatic rings. The summed E-state index contributed by atoms with van der Waals surface area (Å²) in [5.41, 5.74) is 0. The smallest absolute Gasteiger partial charge is 0.302 e. The number of esters is 1. The molecule has 0 aliphatic rings. The summed E-state index contributed by atoms with van der Waals surface area (Å²) in [7, 11) is 0. The van der Waals surface area contributed by atoms with Crippen molar-refractivity contribution in [3.63, 3.8) is 0 Å². The van der Waals surface area contributed by atoms with Crippen molar-refractivity contribution >= 4 is 5.97 Å². The lowest BCUT2D eigenvalue weighted by Crippen LogP contribution is -2.07. The Morgan fingerprint density at radius 3 is 2.73 bits per heavy atom. The van der Waals surface area contributed by atoms with Crippen molar-refractivity contribution in [1.82, 2.24) is 0 Å². The molecule has 0 aliphatic heterocycles. The number of hydrogen-bond donors (Lipinski definition) is 0. The van der Waals surface area contributed by atoms with Crippen LogP contribution < -0.4 is 0 Å². The Bertz CT molecular complexity index is 129. The summed E-state index contributed by atoms with van der Waals surface area (Å²) < 4.78 is 9.69. The van der Waals surface area contributed by atoms with Crippen LogP contribution in [0.15, 0.2) is 12.2 Å². The Morgan fingerprint density at radius 1 is 1.45 bits per heavy atom. The minimum Gasteiger partial charge on any atom is -0.463 e. The van der Waals surface area contributed by atoms with Crippen LogP contribution in [0.5, 0.6) is 0 Å². The molecule has 0 amide bonds. The SMILES string of the molecule is CC=CCOCCOC(C)=O. The second-order valence-electron chi connectivity index (χ2n) is 1.98. The van der Waals surface area contributed by atoms with Gasteiger partial charge in [-0.15, -0.1) is 0 Å². The third kappa shape index (κ3) is 9.17. The molecule has 0 aliphatic carbocycles. The summed E-state index contributed by atoms with van der Waals surface area (Å²) in [4.78, 5) is 10.2. The molecule has 0 bridgehead atoms. The highest BCUT2D eigenvalue weighted by Crippen LogP contribution is 1.80.